The molecule has 62 valence electrons. The molecule has 1 aliphatic rings. The van der Waals surface area contributed by atoms with Crippen molar-refractivity contribution in [3.63, 3.8) is 0 Å². The zero-order valence-electron chi connectivity index (χ0n) is 6.28. The van der Waals surface area contributed by atoms with E-state index >= 15 is 0 Å². The Hall–Kier alpha value is -1.26. The number of ether oxygens (including phenoxy) is 1. The zero-order valence-corrected chi connectivity index (χ0v) is 6.28. The fourth-order valence-electron chi connectivity index (χ4n) is 0.880. The van der Waals surface area contributed by atoms with Gasteiger partial charge in [0.2, 0.25) is 5.90 Å². The second-order valence-electron chi connectivity index (χ2n) is 2.18. The summed E-state index contributed by atoms with van der Waals surface area (Å²) >= 11 is 0. The summed E-state index contributed by atoms with van der Waals surface area (Å²) < 4.78 is 4.82. The first-order valence-corrected chi connectivity index (χ1v) is 3.29. The Kier molecular flexibility index (Phi) is 2.30. The Morgan fingerprint density at radius 1 is 1.82 bits per heavy atom. The third kappa shape index (κ3) is 1.83. The van der Waals surface area contributed by atoms with Crippen molar-refractivity contribution < 1.29 is 14.6 Å². The Bertz CT molecular complexity index is 190. The van der Waals surface area contributed by atoms with Crippen molar-refractivity contribution in [1.82, 2.24) is 4.90 Å². The van der Waals surface area contributed by atoms with E-state index in [-0.39, 0.29) is 6.54 Å². The smallest absolute Gasteiger partial charge is 0.407 e. The summed E-state index contributed by atoms with van der Waals surface area (Å²) in [5.41, 5.74) is 0. The third-order valence-corrected chi connectivity index (χ3v) is 1.49. The Morgan fingerprint density at radius 2 is 2.55 bits per heavy atom. The predicted octanol–water partition coefficient (Wildman–Crippen LogP) is 0.0249. The number of carboxylic acid groups (broad SMARTS) is 1. The molecular formula is C6H10N2O3. The van der Waals surface area contributed by atoms with Gasteiger partial charge >= 0.3 is 6.09 Å². The predicted molar refractivity (Wildman–Crippen MR) is 38.9 cm³/mol. The van der Waals surface area contributed by atoms with Crippen molar-refractivity contribution in [2.24, 2.45) is 4.99 Å². The molecule has 0 atom stereocenters. The van der Waals surface area contributed by atoms with Gasteiger partial charge in [0.15, 0.2) is 0 Å². The highest BCUT2D eigenvalue weighted by Crippen LogP contribution is 1.98. The topological polar surface area (TPSA) is 62.1 Å². The molecule has 11 heavy (non-hydrogen) atoms. The molecule has 0 aromatic carbocycles. The van der Waals surface area contributed by atoms with Gasteiger partial charge in [-0.1, -0.05) is 0 Å². The highest BCUT2D eigenvalue weighted by atomic mass is 16.5. The minimum Gasteiger partial charge on any atom is -0.483 e. The molecular weight excluding hydrogens is 148 g/mol. The van der Waals surface area contributed by atoms with Gasteiger partial charge < -0.3 is 9.84 Å². The minimum absolute atomic E-state index is 0.270. The van der Waals surface area contributed by atoms with Gasteiger partial charge in [-0.15, -0.1) is 0 Å². The van der Waals surface area contributed by atoms with Crippen LogP contribution in [0.25, 0.3) is 0 Å². The minimum atomic E-state index is -0.922. The Labute approximate surface area is 64.3 Å². The second-order valence-corrected chi connectivity index (χ2v) is 2.18. The molecule has 5 nitrogen and oxygen atoms in total. The van der Waals surface area contributed by atoms with Crippen LogP contribution in [0.15, 0.2) is 4.99 Å². The van der Waals surface area contributed by atoms with Crippen molar-refractivity contribution in [2.45, 2.75) is 0 Å². The van der Waals surface area contributed by atoms with Crippen LogP contribution in [0.1, 0.15) is 0 Å². The molecule has 1 rings (SSSR count). The van der Waals surface area contributed by atoms with E-state index in [9.17, 15) is 4.79 Å². The first-order chi connectivity index (χ1) is 5.24. The van der Waals surface area contributed by atoms with Gasteiger partial charge in [-0.2, -0.15) is 0 Å². The molecule has 0 aromatic rings. The molecule has 0 saturated heterocycles. The van der Waals surface area contributed by atoms with E-state index in [1.54, 1.807) is 0 Å². The molecule has 0 bridgehead atoms. The van der Waals surface area contributed by atoms with Crippen molar-refractivity contribution >= 4 is 12.0 Å². The lowest BCUT2D eigenvalue weighted by Crippen LogP contribution is -2.40. The molecule has 5 heteroatoms. The lowest BCUT2D eigenvalue weighted by Gasteiger charge is -2.22. The molecule has 0 fully saturated rings. The van der Waals surface area contributed by atoms with Gasteiger partial charge in [0, 0.05) is 6.54 Å². The highest BCUT2D eigenvalue weighted by Gasteiger charge is 2.17. The summed E-state index contributed by atoms with van der Waals surface area (Å²) in [6.07, 6.45) is -0.922. The molecule has 1 heterocycles. The van der Waals surface area contributed by atoms with Gasteiger partial charge in [0.25, 0.3) is 0 Å². The van der Waals surface area contributed by atoms with Crippen LogP contribution in [0.3, 0.4) is 0 Å². The molecule has 0 unspecified atom stereocenters. The summed E-state index contributed by atoms with van der Waals surface area (Å²) in [6.45, 7) is 1.23. The average Bonchev–Trinajstić information content (AvgIpc) is 2.05. The maximum atomic E-state index is 10.4. The third-order valence-electron chi connectivity index (χ3n) is 1.49. The summed E-state index contributed by atoms with van der Waals surface area (Å²) in [5, 5.41) is 8.57. The lowest BCUT2D eigenvalue weighted by atomic mass is 10.4. The monoisotopic (exact) mass is 158 g/mol. The van der Waals surface area contributed by atoms with Crippen LogP contribution in [0.5, 0.6) is 0 Å². The Balaban J connectivity index is 2.53. The van der Waals surface area contributed by atoms with Crippen molar-refractivity contribution in [1.29, 1.82) is 0 Å². The standard InChI is InChI=1S/C6H10N2O3/c1-11-5-4-8(6(9)10)3-2-7-5/h2-4H2,1H3,(H,9,10). The Morgan fingerprint density at radius 3 is 3.09 bits per heavy atom. The van der Waals surface area contributed by atoms with Crippen LogP contribution >= 0.6 is 0 Å². The maximum absolute atomic E-state index is 10.4. The molecule has 0 aliphatic carbocycles. The van der Waals surface area contributed by atoms with Gasteiger partial charge in [0.05, 0.1) is 20.2 Å². The normalized spacial score (nSPS) is 17.5. The molecule has 0 radical (unpaired) electrons. The number of hydrogen-bond acceptors (Lipinski definition) is 3. The molecule has 1 aliphatic heterocycles. The van der Waals surface area contributed by atoms with Gasteiger partial charge in [-0.25, -0.2) is 4.79 Å². The van der Waals surface area contributed by atoms with E-state index in [0.29, 0.717) is 19.0 Å². The number of aliphatic imine (C=N–C) groups is 1. The lowest BCUT2D eigenvalue weighted by molar-refractivity contribution is 0.148. The van der Waals surface area contributed by atoms with Crippen LogP contribution in [-0.2, 0) is 4.74 Å². The molecule has 1 amide bonds. The van der Waals surface area contributed by atoms with E-state index in [4.69, 9.17) is 9.84 Å². The van der Waals surface area contributed by atoms with Gasteiger partial charge in [-0.05, 0) is 0 Å². The first kappa shape index (κ1) is 7.84. The number of carbonyl (C=O) groups is 1. The van der Waals surface area contributed by atoms with E-state index in [1.165, 1.54) is 12.0 Å². The first-order valence-electron chi connectivity index (χ1n) is 3.29. The van der Waals surface area contributed by atoms with Gasteiger partial charge in [0.1, 0.15) is 0 Å². The van der Waals surface area contributed by atoms with E-state index in [2.05, 4.69) is 4.99 Å². The molecule has 0 saturated carbocycles. The van der Waals surface area contributed by atoms with Crippen molar-refractivity contribution in [2.75, 3.05) is 26.7 Å². The number of methoxy groups -OCH3 is 1. The number of nitrogens with zero attached hydrogens (tertiary/aromatic N) is 2. The van der Waals surface area contributed by atoms with E-state index < -0.39 is 6.09 Å². The molecule has 0 aromatic heterocycles. The van der Waals surface area contributed by atoms with Crippen LogP contribution < -0.4 is 0 Å². The number of amides is 1. The summed E-state index contributed by atoms with van der Waals surface area (Å²) in [6, 6.07) is 0. The summed E-state index contributed by atoms with van der Waals surface area (Å²) in [4.78, 5) is 15.7. The largest absolute Gasteiger partial charge is 0.483 e. The van der Waals surface area contributed by atoms with Crippen LogP contribution in [-0.4, -0.2) is 48.7 Å². The molecule has 0 spiro atoms. The zero-order chi connectivity index (χ0) is 8.27. The van der Waals surface area contributed by atoms with Crippen molar-refractivity contribution in [3.05, 3.63) is 0 Å². The van der Waals surface area contributed by atoms with Gasteiger partial charge in [-0.3, -0.25) is 9.89 Å². The maximum Gasteiger partial charge on any atom is 0.407 e. The average molecular weight is 158 g/mol. The fraction of sp³-hybridized carbons (Fsp3) is 0.667. The highest BCUT2D eigenvalue weighted by molar-refractivity contribution is 5.82. The van der Waals surface area contributed by atoms with E-state index in [1.807, 2.05) is 0 Å². The number of rotatable bonds is 0. The summed E-state index contributed by atoms with van der Waals surface area (Å²) in [5.74, 6) is 0.485. The van der Waals surface area contributed by atoms with Crippen LogP contribution in [0.2, 0.25) is 0 Å². The van der Waals surface area contributed by atoms with Crippen LogP contribution in [0, 0.1) is 0 Å². The quantitative estimate of drug-likeness (QED) is 0.540. The SMILES string of the molecule is COC1=NCCN(C(=O)O)C1. The van der Waals surface area contributed by atoms with Crippen molar-refractivity contribution in [3.8, 4) is 0 Å². The summed E-state index contributed by atoms with van der Waals surface area (Å²) in [7, 11) is 1.49. The molecule has 1 N–H and O–H groups in total. The second kappa shape index (κ2) is 3.23. The fourth-order valence-corrected chi connectivity index (χ4v) is 0.880. The number of hydrogen-bond donors (Lipinski definition) is 1. The van der Waals surface area contributed by atoms with E-state index in [0.717, 1.165) is 0 Å². The van der Waals surface area contributed by atoms with Crippen LogP contribution in [0.4, 0.5) is 4.79 Å².